The standard InChI is InChI=1S/C27H45N3O4S/c31-26(16-19-5-13-25(14-6-19)35(33,34)18-20-3-4-20)29-22-9-7-21(8-10-22)27(32)30(23-11-12-23)24-2-1-15-28-17-24/h19-25,28H,1-18H2,(H,29,31). The molecule has 2 N–H and O–H groups in total. The van der Waals surface area contributed by atoms with Gasteiger partial charge in [-0.1, -0.05) is 0 Å². The van der Waals surface area contributed by atoms with Gasteiger partial charge in [-0.05, 0) is 108 Å². The molecule has 1 unspecified atom stereocenters. The van der Waals surface area contributed by atoms with Gasteiger partial charge in [0.15, 0.2) is 9.84 Å². The van der Waals surface area contributed by atoms with E-state index in [2.05, 4.69) is 15.5 Å². The maximum absolute atomic E-state index is 13.4. The van der Waals surface area contributed by atoms with Crippen molar-refractivity contribution in [1.29, 1.82) is 0 Å². The van der Waals surface area contributed by atoms with Gasteiger partial charge >= 0.3 is 0 Å². The fourth-order valence-corrected chi connectivity index (χ4v) is 9.02. The van der Waals surface area contributed by atoms with E-state index < -0.39 is 9.84 Å². The Hall–Kier alpha value is -1.15. The highest BCUT2D eigenvalue weighted by molar-refractivity contribution is 7.92. The summed E-state index contributed by atoms with van der Waals surface area (Å²) in [6.45, 7) is 2.00. The molecule has 1 aliphatic heterocycles. The Morgan fingerprint density at radius 2 is 1.49 bits per heavy atom. The number of sulfone groups is 1. The Morgan fingerprint density at radius 1 is 0.800 bits per heavy atom. The monoisotopic (exact) mass is 507 g/mol. The second kappa shape index (κ2) is 11.1. The third-order valence-electron chi connectivity index (χ3n) is 9.24. The minimum atomic E-state index is -2.96. The molecule has 1 heterocycles. The van der Waals surface area contributed by atoms with E-state index in [1.807, 2.05) is 0 Å². The summed E-state index contributed by atoms with van der Waals surface area (Å²) < 4.78 is 25.1. The summed E-state index contributed by atoms with van der Waals surface area (Å²) in [5.74, 6) is 1.67. The lowest BCUT2D eigenvalue weighted by Gasteiger charge is -2.39. The lowest BCUT2D eigenvalue weighted by molar-refractivity contribution is -0.140. The molecule has 1 saturated heterocycles. The first-order valence-electron chi connectivity index (χ1n) is 14.4. The zero-order chi connectivity index (χ0) is 24.4. The van der Waals surface area contributed by atoms with Gasteiger partial charge in [-0.15, -0.1) is 0 Å². The van der Waals surface area contributed by atoms with Crippen molar-refractivity contribution in [3.8, 4) is 0 Å². The predicted molar refractivity (Wildman–Crippen MR) is 137 cm³/mol. The molecule has 5 rings (SSSR count). The van der Waals surface area contributed by atoms with Gasteiger partial charge in [0.05, 0.1) is 11.0 Å². The number of hydrogen-bond donors (Lipinski definition) is 2. The molecule has 198 valence electrons. The van der Waals surface area contributed by atoms with Crippen molar-refractivity contribution < 1.29 is 18.0 Å². The molecular weight excluding hydrogens is 462 g/mol. The molecule has 1 atom stereocenters. The average Bonchev–Trinajstić information content (AvgIpc) is 3.78. The van der Waals surface area contributed by atoms with Gasteiger partial charge in [0.25, 0.3) is 0 Å². The summed E-state index contributed by atoms with van der Waals surface area (Å²) >= 11 is 0. The van der Waals surface area contributed by atoms with Gasteiger partial charge in [-0.3, -0.25) is 9.59 Å². The van der Waals surface area contributed by atoms with Crippen LogP contribution in [0.5, 0.6) is 0 Å². The minimum Gasteiger partial charge on any atom is -0.353 e. The van der Waals surface area contributed by atoms with Crippen LogP contribution in [-0.2, 0) is 19.4 Å². The van der Waals surface area contributed by atoms with E-state index in [-0.39, 0.29) is 23.1 Å². The number of nitrogens with zero attached hydrogens (tertiary/aromatic N) is 1. The van der Waals surface area contributed by atoms with Crippen LogP contribution in [-0.4, -0.2) is 67.3 Å². The minimum absolute atomic E-state index is 0.108. The van der Waals surface area contributed by atoms with E-state index in [9.17, 15) is 18.0 Å². The summed E-state index contributed by atoms with van der Waals surface area (Å²) in [5, 5.41) is 6.52. The van der Waals surface area contributed by atoms with Crippen LogP contribution >= 0.6 is 0 Å². The lowest BCUT2D eigenvalue weighted by atomic mass is 9.83. The van der Waals surface area contributed by atoms with Crippen LogP contribution < -0.4 is 10.6 Å². The van der Waals surface area contributed by atoms with Gasteiger partial charge in [-0.2, -0.15) is 0 Å². The highest BCUT2D eigenvalue weighted by Gasteiger charge is 2.41. The second-order valence-corrected chi connectivity index (χ2v) is 14.5. The molecule has 5 aliphatic rings. The summed E-state index contributed by atoms with van der Waals surface area (Å²) in [5.41, 5.74) is 0. The van der Waals surface area contributed by atoms with Crippen LogP contribution in [0.1, 0.15) is 96.3 Å². The lowest BCUT2D eigenvalue weighted by Crippen LogP contribution is -2.52. The maximum atomic E-state index is 13.4. The fourth-order valence-electron chi connectivity index (χ4n) is 6.77. The molecule has 4 saturated carbocycles. The van der Waals surface area contributed by atoms with E-state index in [1.54, 1.807) is 0 Å². The molecular formula is C27H45N3O4S. The van der Waals surface area contributed by atoms with E-state index in [1.165, 1.54) is 0 Å². The van der Waals surface area contributed by atoms with Crippen LogP contribution in [0.3, 0.4) is 0 Å². The molecule has 0 radical (unpaired) electrons. The molecule has 5 fully saturated rings. The molecule has 0 spiro atoms. The zero-order valence-corrected chi connectivity index (χ0v) is 22.1. The molecule has 0 bridgehead atoms. The molecule has 0 aromatic rings. The number of piperidine rings is 1. The Bertz CT molecular complexity index is 848. The van der Waals surface area contributed by atoms with Crippen LogP contribution in [0.2, 0.25) is 0 Å². The normalized spacial score (nSPS) is 34.2. The van der Waals surface area contributed by atoms with Crippen LogP contribution in [0.4, 0.5) is 0 Å². The van der Waals surface area contributed by atoms with E-state index in [0.29, 0.717) is 54.8 Å². The van der Waals surface area contributed by atoms with Crippen molar-refractivity contribution in [1.82, 2.24) is 15.5 Å². The van der Waals surface area contributed by atoms with E-state index in [0.717, 1.165) is 90.1 Å². The maximum Gasteiger partial charge on any atom is 0.226 e. The van der Waals surface area contributed by atoms with Crippen molar-refractivity contribution >= 4 is 21.7 Å². The summed E-state index contributed by atoms with van der Waals surface area (Å²) in [6, 6.07) is 0.996. The third kappa shape index (κ3) is 6.79. The average molecular weight is 508 g/mol. The summed E-state index contributed by atoms with van der Waals surface area (Å²) in [4.78, 5) is 28.4. The van der Waals surface area contributed by atoms with Gasteiger partial charge in [-0.25, -0.2) is 8.42 Å². The Balaban J connectivity index is 1.02. The fraction of sp³-hybridized carbons (Fsp3) is 0.926. The van der Waals surface area contributed by atoms with Gasteiger partial charge in [0, 0.05) is 37.0 Å². The molecule has 7 nitrogen and oxygen atoms in total. The van der Waals surface area contributed by atoms with Crippen molar-refractivity contribution in [3.05, 3.63) is 0 Å². The Morgan fingerprint density at radius 3 is 2.09 bits per heavy atom. The number of nitrogens with one attached hydrogen (secondary N) is 2. The van der Waals surface area contributed by atoms with Crippen molar-refractivity contribution in [3.63, 3.8) is 0 Å². The first-order chi connectivity index (χ1) is 16.9. The van der Waals surface area contributed by atoms with E-state index >= 15 is 0 Å². The highest BCUT2D eigenvalue weighted by Crippen LogP contribution is 2.37. The molecule has 8 heteroatoms. The second-order valence-electron chi connectivity index (χ2n) is 12.2. The van der Waals surface area contributed by atoms with Crippen molar-refractivity contribution in [2.75, 3.05) is 18.8 Å². The largest absolute Gasteiger partial charge is 0.353 e. The quantitative estimate of drug-likeness (QED) is 0.500. The number of carbonyl (C=O) groups excluding carboxylic acids is 2. The van der Waals surface area contributed by atoms with E-state index in [4.69, 9.17) is 0 Å². The SMILES string of the molecule is O=C(CC1CCC(S(=O)(=O)CC2CC2)CC1)NC1CCC(C(=O)N(C2CC2)C2CCCNC2)CC1. The van der Waals surface area contributed by atoms with Gasteiger partial charge < -0.3 is 15.5 Å². The summed E-state index contributed by atoms with van der Waals surface area (Å²) in [7, 11) is -2.96. The topological polar surface area (TPSA) is 95.6 Å². The van der Waals surface area contributed by atoms with Gasteiger partial charge in [0.1, 0.15) is 0 Å². The molecule has 4 aliphatic carbocycles. The predicted octanol–water partition coefficient (Wildman–Crippen LogP) is 3.18. The molecule has 0 aromatic carbocycles. The Kier molecular flexibility index (Phi) is 8.07. The number of carbonyl (C=O) groups is 2. The van der Waals surface area contributed by atoms with Crippen LogP contribution in [0, 0.1) is 17.8 Å². The first kappa shape index (κ1) is 25.5. The molecule has 2 amide bonds. The van der Waals surface area contributed by atoms with Crippen molar-refractivity contribution in [2.45, 2.75) is 120 Å². The highest BCUT2D eigenvalue weighted by atomic mass is 32.2. The van der Waals surface area contributed by atoms with Crippen LogP contribution in [0.15, 0.2) is 0 Å². The molecule has 0 aromatic heterocycles. The summed E-state index contributed by atoms with van der Waals surface area (Å²) in [6.07, 6.45) is 13.9. The van der Waals surface area contributed by atoms with Crippen LogP contribution in [0.25, 0.3) is 0 Å². The number of rotatable bonds is 9. The Labute approximate surface area is 211 Å². The zero-order valence-electron chi connectivity index (χ0n) is 21.3. The number of amides is 2. The molecule has 35 heavy (non-hydrogen) atoms. The number of hydrogen-bond acceptors (Lipinski definition) is 5. The van der Waals surface area contributed by atoms with Crippen molar-refractivity contribution in [2.24, 2.45) is 17.8 Å². The van der Waals surface area contributed by atoms with Gasteiger partial charge in [0.2, 0.25) is 11.8 Å². The third-order valence-corrected chi connectivity index (χ3v) is 11.7. The first-order valence-corrected chi connectivity index (χ1v) is 16.1. The smallest absolute Gasteiger partial charge is 0.226 e.